The van der Waals surface area contributed by atoms with E-state index in [4.69, 9.17) is 0 Å². The average molecular weight is 294 g/mol. The molecule has 4 heteroatoms. The van der Waals surface area contributed by atoms with Crippen LogP contribution in [0.2, 0.25) is 0 Å². The van der Waals surface area contributed by atoms with E-state index in [0.29, 0.717) is 0 Å². The summed E-state index contributed by atoms with van der Waals surface area (Å²) >= 11 is 0. The van der Waals surface area contributed by atoms with E-state index in [2.05, 4.69) is 60.7 Å². The molecule has 0 N–H and O–H groups in total. The third-order valence-electron chi connectivity index (χ3n) is 3.39. The summed E-state index contributed by atoms with van der Waals surface area (Å²) in [6.45, 7) is 0. The van der Waals surface area contributed by atoms with Gasteiger partial charge in [0.15, 0.2) is 0 Å². The molecule has 0 unspecified atom stereocenters. The number of hydrogen-bond acceptors (Lipinski definition) is 0. The van der Waals surface area contributed by atoms with E-state index in [1.807, 2.05) is 0 Å². The minimum absolute atomic E-state index is 0. The molecule has 0 heterocycles. The first-order valence-corrected chi connectivity index (χ1v) is 5.56. The van der Waals surface area contributed by atoms with Gasteiger partial charge < -0.3 is 0 Å². The van der Waals surface area contributed by atoms with Gasteiger partial charge in [-0.1, -0.05) is 60.7 Å². The van der Waals surface area contributed by atoms with Gasteiger partial charge in [-0.2, -0.15) is 0 Å². The molecule has 78 valence electrons. The van der Waals surface area contributed by atoms with Crippen molar-refractivity contribution in [3.8, 4) is 0 Å². The van der Waals surface area contributed by atoms with Crippen molar-refractivity contribution in [2.75, 3.05) is 0 Å². The summed E-state index contributed by atoms with van der Waals surface area (Å²) in [7, 11) is 0. The zero-order valence-corrected chi connectivity index (χ0v) is 20.8. The SMILES string of the molecule is [Na].[Na].[Na].[Na].c1cc2ccc3cccc4ccc(c1)c2c34. The van der Waals surface area contributed by atoms with Crippen molar-refractivity contribution < 1.29 is 0 Å². The first-order valence-electron chi connectivity index (χ1n) is 5.56. The van der Waals surface area contributed by atoms with Gasteiger partial charge >= 0.3 is 0 Å². The molecule has 0 amide bonds. The van der Waals surface area contributed by atoms with Crippen LogP contribution in [0.5, 0.6) is 0 Å². The molecular weight excluding hydrogens is 284 g/mol. The van der Waals surface area contributed by atoms with E-state index in [9.17, 15) is 0 Å². The topological polar surface area (TPSA) is 0 Å². The quantitative estimate of drug-likeness (QED) is 0.345. The van der Waals surface area contributed by atoms with Crippen molar-refractivity contribution in [2.24, 2.45) is 0 Å². The van der Waals surface area contributed by atoms with E-state index in [0.717, 1.165) is 0 Å². The Bertz CT molecular complexity index is 681. The Morgan fingerprint density at radius 3 is 0.850 bits per heavy atom. The zero-order chi connectivity index (χ0) is 10.5. The summed E-state index contributed by atoms with van der Waals surface area (Å²) < 4.78 is 0. The molecule has 4 radical (unpaired) electrons. The van der Waals surface area contributed by atoms with Crippen LogP contribution < -0.4 is 0 Å². The normalized spacial score (nSPS) is 9.40. The molecule has 4 aromatic carbocycles. The van der Waals surface area contributed by atoms with Crippen LogP contribution in [0.25, 0.3) is 32.3 Å². The summed E-state index contributed by atoms with van der Waals surface area (Å²) in [6, 6.07) is 21.9. The molecule has 0 spiro atoms. The Labute approximate surface area is 207 Å². The minimum Gasteiger partial charge on any atom is -0.0610 e. The summed E-state index contributed by atoms with van der Waals surface area (Å²) in [5.41, 5.74) is 0. The van der Waals surface area contributed by atoms with Gasteiger partial charge in [0, 0.05) is 118 Å². The van der Waals surface area contributed by atoms with Gasteiger partial charge in [0.2, 0.25) is 0 Å². The summed E-state index contributed by atoms with van der Waals surface area (Å²) in [5, 5.41) is 8.14. The second-order valence-corrected chi connectivity index (χ2v) is 4.29. The summed E-state index contributed by atoms with van der Waals surface area (Å²) in [5.74, 6) is 0. The average Bonchev–Trinajstić information content (AvgIpc) is 2.36. The van der Waals surface area contributed by atoms with Gasteiger partial charge in [-0.25, -0.2) is 0 Å². The van der Waals surface area contributed by atoms with Crippen LogP contribution >= 0.6 is 0 Å². The van der Waals surface area contributed by atoms with Crippen molar-refractivity contribution in [3.63, 3.8) is 0 Å². The molecule has 0 aromatic heterocycles. The van der Waals surface area contributed by atoms with Gasteiger partial charge in [-0.3, -0.25) is 0 Å². The fraction of sp³-hybridized carbons (Fsp3) is 0. The predicted octanol–water partition coefficient (Wildman–Crippen LogP) is 3.06. The van der Waals surface area contributed by atoms with Crippen molar-refractivity contribution >= 4 is 151 Å². The molecule has 0 aliphatic carbocycles. The minimum atomic E-state index is 0. The van der Waals surface area contributed by atoms with Crippen LogP contribution in [0.15, 0.2) is 60.7 Å². The molecule has 20 heavy (non-hydrogen) atoms. The maximum atomic E-state index is 2.21. The zero-order valence-electron chi connectivity index (χ0n) is 12.8. The molecule has 4 aromatic rings. The Morgan fingerprint density at radius 1 is 0.350 bits per heavy atom. The Balaban J connectivity index is 0.000000902. The van der Waals surface area contributed by atoms with Crippen LogP contribution in [-0.4, -0.2) is 118 Å². The van der Waals surface area contributed by atoms with Crippen LogP contribution in [-0.2, 0) is 0 Å². The largest absolute Gasteiger partial charge is 0.0610 e. The standard InChI is InChI=1S/C16H10.4Na/c1-3-11-7-9-13-5-2-6-14-10-8-12(4-1)15(11)16(13)14;;;;/h1-10H;;;;. The number of hydrogen-bond donors (Lipinski definition) is 0. The Kier molecular flexibility index (Phi) is 10.2. The van der Waals surface area contributed by atoms with E-state index in [1.54, 1.807) is 0 Å². The summed E-state index contributed by atoms with van der Waals surface area (Å²) in [6.07, 6.45) is 0. The molecule has 0 atom stereocenters. The van der Waals surface area contributed by atoms with Crippen molar-refractivity contribution in [2.45, 2.75) is 0 Å². The number of benzene rings is 4. The monoisotopic (exact) mass is 294 g/mol. The molecule has 0 aliphatic heterocycles. The van der Waals surface area contributed by atoms with Crippen LogP contribution in [0.1, 0.15) is 0 Å². The van der Waals surface area contributed by atoms with E-state index < -0.39 is 0 Å². The molecule has 0 aliphatic rings. The van der Waals surface area contributed by atoms with Gasteiger partial charge in [-0.05, 0) is 32.3 Å². The number of rotatable bonds is 0. The van der Waals surface area contributed by atoms with Crippen LogP contribution in [0, 0.1) is 0 Å². The second-order valence-electron chi connectivity index (χ2n) is 4.29. The fourth-order valence-corrected chi connectivity index (χ4v) is 2.67. The second kappa shape index (κ2) is 9.27. The van der Waals surface area contributed by atoms with E-state index in [1.165, 1.54) is 32.3 Å². The van der Waals surface area contributed by atoms with Gasteiger partial charge in [-0.15, -0.1) is 0 Å². The fourth-order valence-electron chi connectivity index (χ4n) is 2.67. The third kappa shape index (κ3) is 3.70. The van der Waals surface area contributed by atoms with Crippen LogP contribution in [0.3, 0.4) is 0 Å². The molecule has 0 nitrogen and oxygen atoms in total. The molecular formula is C16H10Na4. The molecule has 0 bridgehead atoms. The van der Waals surface area contributed by atoms with Crippen molar-refractivity contribution in [3.05, 3.63) is 60.7 Å². The predicted molar refractivity (Wildman–Crippen MR) is 93.2 cm³/mol. The van der Waals surface area contributed by atoms with Crippen molar-refractivity contribution in [1.29, 1.82) is 0 Å². The van der Waals surface area contributed by atoms with E-state index >= 15 is 0 Å². The molecule has 0 fully saturated rings. The summed E-state index contributed by atoms with van der Waals surface area (Å²) in [4.78, 5) is 0. The first-order chi connectivity index (χ1) is 7.93. The van der Waals surface area contributed by atoms with Gasteiger partial charge in [0.1, 0.15) is 0 Å². The maximum absolute atomic E-state index is 2.21. The maximum Gasteiger partial charge on any atom is 0 e. The smallest absolute Gasteiger partial charge is 0 e. The molecule has 4 rings (SSSR count). The first kappa shape index (κ1) is 21.9. The van der Waals surface area contributed by atoms with Crippen LogP contribution in [0.4, 0.5) is 0 Å². The molecule has 0 saturated heterocycles. The Hall–Kier alpha value is 1.92. The van der Waals surface area contributed by atoms with Gasteiger partial charge in [0.25, 0.3) is 0 Å². The van der Waals surface area contributed by atoms with Crippen molar-refractivity contribution in [1.82, 2.24) is 0 Å². The molecule has 0 saturated carbocycles. The third-order valence-corrected chi connectivity index (χ3v) is 3.39. The van der Waals surface area contributed by atoms with E-state index in [-0.39, 0.29) is 118 Å². The van der Waals surface area contributed by atoms with Gasteiger partial charge in [0.05, 0.1) is 0 Å². The Morgan fingerprint density at radius 2 is 0.600 bits per heavy atom.